The van der Waals surface area contributed by atoms with Gasteiger partial charge in [0.05, 0.1) is 12.3 Å². The number of rotatable bonds is 2. The van der Waals surface area contributed by atoms with Crippen LogP contribution in [0.1, 0.15) is 12.8 Å². The van der Waals surface area contributed by atoms with Crippen molar-refractivity contribution in [1.29, 1.82) is 0 Å². The Kier molecular flexibility index (Phi) is 3.09. The Morgan fingerprint density at radius 3 is 3.15 bits per heavy atom. The first-order valence-electron chi connectivity index (χ1n) is 4.43. The molecule has 0 aromatic carbocycles. The summed E-state index contributed by atoms with van der Waals surface area (Å²) in [6.45, 7) is 1.70. The lowest BCUT2D eigenvalue weighted by atomic mass is 10.1. The van der Waals surface area contributed by atoms with E-state index in [-0.39, 0.29) is 0 Å². The van der Waals surface area contributed by atoms with Crippen LogP contribution in [0.4, 0.5) is 5.69 Å². The molecule has 0 saturated carbocycles. The van der Waals surface area contributed by atoms with Crippen LogP contribution in [0.2, 0.25) is 4.34 Å². The second kappa shape index (κ2) is 4.31. The van der Waals surface area contributed by atoms with Crippen LogP contribution in [-0.4, -0.2) is 19.3 Å². The molecule has 1 aliphatic rings. The largest absolute Gasteiger partial charge is 0.379 e. The van der Waals surface area contributed by atoms with Gasteiger partial charge in [0.15, 0.2) is 0 Å². The molecule has 4 heteroatoms. The number of halogens is 1. The third-order valence-electron chi connectivity index (χ3n) is 2.14. The lowest BCUT2D eigenvalue weighted by molar-refractivity contribution is 0.0876. The minimum atomic E-state index is 0.431. The number of anilines is 1. The highest BCUT2D eigenvalue weighted by Crippen LogP contribution is 2.29. The van der Waals surface area contributed by atoms with Crippen LogP contribution in [0.5, 0.6) is 0 Å². The number of thiophene rings is 1. The van der Waals surface area contributed by atoms with E-state index in [2.05, 4.69) is 5.32 Å². The summed E-state index contributed by atoms with van der Waals surface area (Å²) in [4.78, 5) is 0. The molecule has 0 aliphatic carbocycles. The highest BCUT2D eigenvalue weighted by atomic mass is 35.5. The quantitative estimate of drug-likeness (QED) is 0.823. The fourth-order valence-electron chi connectivity index (χ4n) is 1.47. The first-order valence-corrected chi connectivity index (χ1v) is 5.69. The summed E-state index contributed by atoms with van der Waals surface area (Å²) >= 11 is 7.53. The van der Waals surface area contributed by atoms with Gasteiger partial charge >= 0.3 is 0 Å². The Morgan fingerprint density at radius 1 is 1.62 bits per heavy atom. The van der Waals surface area contributed by atoms with Gasteiger partial charge in [0.2, 0.25) is 0 Å². The Labute approximate surface area is 86.9 Å². The van der Waals surface area contributed by atoms with Crippen LogP contribution in [0, 0.1) is 0 Å². The lowest BCUT2D eigenvalue weighted by Crippen LogP contribution is -2.29. The highest BCUT2D eigenvalue weighted by molar-refractivity contribution is 7.15. The smallest absolute Gasteiger partial charge is 0.116 e. The molecule has 1 aliphatic heterocycles. The number of hydrogen-bond donors (Lipinski definition) is 1. The zero-order chi connectivity index (χ0) is 9.10. The average Bonchev–Trinajstić information content (AvgIpc) is 2.54. The van der Waals surface area contributed by atoms with Gasteiger partial charge in [-0.1, -0.05) is 11.6 Å². The Bertz CT molecular complexity index is 270. The van der Waals surface area contributed by atoms with E-state index in [1.54, 1.807) is 11.3 Å². The third-order valence-corrected chi connectivity index (χ3v) is 3.31. The molecule has 1 atom stereocenters. The fraction of sp³-hybridized carbons (Fsp3) is 0.556. The summed E-state index contributed by atoms with van der Waals surface area (Å²) in [5, 5.41) is 5.38. The van der Waals surface area contributed by atoms with Crippen LogP contribution in [-0.2, 0) is 4.74 Å². The molecule has 1 saturated heterocycles. The van der Waals surface area contributed by atoms with Gasteiger partial charge in [-0.3, -0.25) is 0 Å². The Hall–Kier alpha value is -0.250. The summed E-state index contributed by atoms with van der Waals surface area (Å²) in [7, 11) is 0. The molecule has 2 heterocycles. The van der Waals surface area contributed by atoms with Crippen molar-refractivity contribution in [2.24, 2.45) is 0 Å². The maximum atomic E-state index is 5.97. The first-order chi connectivity index (χ1) is 6.36. The molecule has 1 N–H and O–H groups in total. The standard InChI is InChI=1S/C9H12ClNOS/c10-9-8(3-5-13-9)11-7-2-1-4-12-6-7/h3,5,7,11H,1-2,4,6H2. The molecule has 1 unspecified atom stereocenters. The molecule has 2 nitrogen and oxygen atoms in total. The van der Waals surface area contributed by atoms with Crippen LogP contribution in [0.15, 0.2) is 11.4 Å². The van der Waals surface area contributed by atoms with Crippen molar-refractivity contribution in [3.05, 3.63) is 15.8 Å². The maximum Gasteiger partial charge on any atom is 0.116 e. The van der Waals surface area contributed by atoms with Crippen LogP contribution < -0.4 is 5.32 Å². The zero-order valence-corrected chi connectivity index (χ0v) is 8.83. The van der Waals surface area contributed by atoms with Gasteiger partial charge in [-0.05, 0) is 24.3 Å². The molecule has 13 heavy (non-hydrogen) atoms. The predicted molar refractivity (Wildman–Crippen MR) is 56.8 cm³/mol. The topological polar surface area (TPSA) is 21.3 Å². The summed E-state index contributed by atoms with van der Waals surface area (Å²) in [6.07, 6.45) is 2.31. The molecule has 0 spiro atoms. The lowest BCUT2D eigenvalue weighted by Gasteiger charge is -2.23. The van der Waals surface area contributed by atoms with E-state index in [9.17, 15) is 0 Å². The van der Waals surface area contributed by atoms with Crippen LogP contribution in [0.3, 0.4) is 0 Å². The first kappa shape index (κ1) is 9.31. The number of ether oxygens (including phenoxy) is 1. The summed E-state index contributed by atoms with van der Waals surface area (Å²) in [5.41, 5.74) is 1.04. The van der Waals surface area contributed by atoms with Crippen LogP contribution in [0.25, 0.3) is 0 Å². The van der Waals surface area contributed by atoms with Crippen molar-refractivity contribution in [2.75, 3.05) is 18.5 Å². The van der Waals surface area contributed by atoms with E-state index in [0.717, 1.165) is 29.7 Å². The zero-order valence-electron chi connectivity index (χ0n) is 7.25. The van der Waals surface area contributed by atoms with Crippen molar-refractivity contribution < 1.29 is 4.74 Å². The van der Waals surface area contributed by atoms with E-state index in [1.807, 2.05) is 11.4 Å². The molecule has 1 aromatic rings. The van der Waals surface area contributed by atoms with Crippen LogP contribution >= 0.6 is 22.9 Å². The van der Waals surface area contributed by atoms with E-state index in [0.29, 0.717) is 6.04 Å². The van der Waals surface area contributed by atoms with E-state index < -0.39 is 0 Å². The molecule has 0 bridgehead atoms. The summed E-state index contributed by atoms with van der Waals surface area (Å²) in [5.74, 6) is 0. The summed E-state index contributed by atoms with van der Waals surface area (Å²) < 4.78 is 6.21. The minimum Gasteiger partial charge on any atom is -0.379 e. The molecule has 0 radical (unpaired) electrons. The monoisotopic (exact) mass is 217 g/mol. The normalized spacial score (nSPS) is 23.0. The van der Waals surface area contributed by atoms with E-state index >= 15 is 0 Å². The predicted octanol–water partition coefficient (Wildman–Crippen LogP) is 2.99. The Balaban J connectivity index is 1.93. The van der Waals surface area contributed by atoms with Gasteiger partial charge in [-0.25, -0.2) is 0 Å². The summed E-state index contributed by atoms with van der Waals surface area (Å²) in [6, 6.07) is 2.45. The molecule has 72 valence electrons. The van der Waals surface area contributed by atoms with Gasteiger partial charge in [0, 0.05) is 12.6 Å². The molecule has 1 fully saturated rings. The van der Waals surface area contributed by atoms with Gasteiger partial charge in [0.25, 0.3) is 0 Å². The Morgan fingerprint density at radius 2 is 2.54 bits per heavy atom. The second-order valence-electron chi connectivity index (χ2n) is 3.17. The third kappa shape index (κ3) is 2.36. The van der Waals surface area contributed by atoms with Crippen molar-refractivity contribution in [1.82, 2.24) is 0 Å². The molecular formula is C9H12ClNOS. The molecule has 2 rings (SSSR count). The van der Waals surface area contributed by atoms with Gasteiger partial charge in [-0.15, -0.1) is 11.3 Å². The van der Waals surface area contributed by atoms with Gasteiger partial charge in [-0.2, -0.15) is 0 Å². The van der Waals surface area contributed by atoms with E-state index in [1.165, 1.54) is 6.42 Å². The van der Waals surface area contributed by atoms with Gasteiger partial charge < -0.3 is 10.1 Å². The fourth-order valence-corrected chi connectivity index (χ4v) is 2.32. The van der Waals surface area contributed by atoms with E-state index in [4.69, 9.17) is 16.3 Å². The number of hydrogen-bond acceptors (Lipinski definition) is 3. The number of nitrogens with one attached hydrogen (secondary N) is 1. The SMILES string of the molecule is Clc1sccc1NC1CCCOC1. The van der Waals surface area contributed by atoms with Gasteiger partial charge in [0.1, 0.15) is 4.34 Å². The highest BCUT2D eigenvalue weighted by Gasteiger charge is 2.14. The molecule has 0 amide bonds. The average molecular weight is 218 g/mol. The van der Waals surface area contributed by atoms with Crippen molar-refractivity contribution in [3.63, 3.8) is 0 Å². The van der Waals surface area contributed by atoms with Crippen molar-refractivity contribution in [2.45, 2.75) is 18.9 Å². The maximum absolute atomic E-state index is 5.97. The molecule has 1 aromatic heterocycles. The minimum absolute atomic E-state index is 0.431. The van der Waals surface area contributed by atoms with Crippen molar-refractivity contribution >= 4 is 28.6 Å². The van der Waals surface area contributed by atoms with Crippen molar-refractivity contribution in [3.8, 4) is 0 Å². The molecular weight excluding hydrogens is 206 g/mol. The second-order valence-corrected chi connectivity index (χ2v) is 4.68.